The fraction of sp³-hybridized carbons (Fsp3) is 0.438. The highest BCUT2D eigenvalue weighted by Crippen LogP contribution is 2.34. The maximum Gasteiger partial charge on any atom is 0.435 e. The van der Waals surface area contributed by atoms with Gasteiger partial charge in [-0.1, -0.05) is 0 Å². The maximum absolute atomic E-state index is 13.2. The van der Waals surface area contributed by atoms with E-state index in [1.54, 1.807) is 0 Å². The summed E-state index contributed by atoms with van der Waals surface area (Å²) in [4.78, 5) is 0. The Morgan fingerprint density at radius 1 is 1.18 bits per heavy atom. The third kappa shape index (κ3) is 4.86. The minimum Gasteiger partial charge on any atom is -0.376 e. The molecular formula is C16H16F5N3O3S. The normalized spacial score (nSPS) is 14.9. The van der Waals surface area contributed by atoms with E-state index in [-0.39, 0.29) is 43.9 Å². The minimum atomic E-state index is -4.64. The molecule has 3 rings (SSSR count). The monoisotopic (exact) mass is 425 g/mol. The van der Waals surface area contributed by atoms with Gasteiger partial charge in [0.1, 0.15) is 11.6 Å². The summed E-state index contributed by atoms with van der Waals surface area (Å²) < 4.78 is 98.2. The number of rotatable bonds is 6. The van der Waals surface area contributed by atoms with Crippen LogP contribution < -0.4 is 4.72 Å². The molecule has 0 saturated carbocycles. The number of hydrogen-bond acceptors (Lipinski definition) is 4. The van der Waals surface area contributed by atoms with Crippen molar-refractivity contribution < 1.29 is 35.1 Å². The third-order valence-electron chi connectivity index (χ3n) is 4.09. The summed E-state index contributed by atoms with van der Waals surface area (Å²) in [5.74, 6) is -2.48. The lowest BCUT2D eigenvalue weighted by molar-refractivity contribution is -0.142. The van der Waals surface area contributed by atoms with Gasteiger partial charge in [-0.15, -0.1) is 0 Å². The third-order valence-corrected chi connectivity index (χ3v) is 5.45. The standard InChI is InChI=1S/C16H16F5N3O3S/c17-11-5-10(6-12(18)7-11)9-28(25,26)22-2-3-24-14-1-4-27-8-13(14)15(23-24)16(19,20)21/h5-7,22H,1-4,8-9H2. The van der Waals surface area contributed by atoms with Crippen LogP contribution in [0.25, 0.3) is 0 Å². The van der Waals surface area contributed by atoms with Crippen molar-refractivity contribution in [2.45, 2.75) is 31.5 Å². The van der Waals surface area contributed by atoms with E-state index in [0.29, 0.717) is 11.8 Å². The van der Waals surface area contributed by atoms with Crippen LogP contribution in [0.15, 0.2) is 18.2 Å². The first-order valence-electron chi connectivity index (χ1n) is 8.21. The molecular weight excluding hydrogens is 409 g/mol. The average Bonchev–Trinajstić information content (AvgIpc) is 2.92. The topological polar surface area (TPSA) is 73.2 Å². The van der Waals surface area contributed by atoms with Crippen molar-refractivity contribution in [3.05, 3.63) is 52.3 Å². The molecule has 28 heavy (non-hydrogen) atoms. The van der Waals surface area contributed by atoms with Crippen LogP contribution in [0.2, 0.25) is 0 Å². The molecule has 0 atom stereocenters. The Bertz CT molecular complexity index is 952. The smallest absolute Gasteiger partial charge is 0.376 e. The van der Waals surface area contributed by atoms with E-state index in [4.69, 9.17) is 4.74 Å². The summed E-state index contributed by atoms with van der Waals surface area (Å²) in [6, 6.07) is 2.40. The lowest BCUT2D eigenvalue weighted by Crippen LogP contribution is -2.29. The zero-order valence-corrected chi connectivity index (χ0v) is 15.2. The Hall–Kier alpha value is -2.05. The quantitative estimate of drug-likeness (QED) is 0.722. The van der Waals surface area contributed by atoms with Crippen LogP contribution in [0.5, 0.6) is 0 Å². The predicted octanol–water partition coefficient (Wildman–Crippen LogP) is 2.37. The number of nitrogens with zero attached hydrogens (tertiary/aromatic N) is 2. The molecule has 1 N–H and O–H groups in total. The average molecular weight is 425 g/mol. The summed E-state index contributed by atoms with van der Waals surface area (Å²) in [6.07, 6.45) is -4.41. The van der Waals surface area contributed by atoms with Gasteiger partial charge in [0.05, 0.1) is 25.5 Å². The molecule has 1 aromatic heterocycles. The zero-order valence-electron chi connectivity index (χ0n) is 14.4. The Kier molecular flexibility index (Phi) is 5.73. The highest BCUT2D eigenvalue weighted by atomic mass is 32.2. The van der Waals surface area contributed by atoms with Gasteiger partial charge in [-0.05, 0) is 17.7 Å². The van der Waals surface area contributed by atoms with E-state index < -0.39 is 39.3 Å². The number of nitrogens with one attached hydrogen (secondary N) is 1. The van der Waals surface area contributed by atoms with E-state index in [0.717, 1.165) is 16.8 Å². The van der Waals surface area contributed by atoms with Crippen molar-refractivity contribution in [3.63, 3.8) is 0 Å². The molecule has 2 aromatic rings. The molecule has 1 aromatic carbocycles. The Balaban J connectivity index is 1.68. The maximum atomic E-state index is 13.2. The van der Waals surface area contributed by atoms with Gasteiger partial charge in [0.25, 0.3) is 0 Å². The van der Waals surface area contributed by atoms with Gasteiger partial charge in [-0.25, -0.2) is 21.9 Å². The highest BCUT2D eigenvalue weighted by molar-refractivity contribution is 7.88. The molecule has 0 fully saturated rings. The van der Waals surface area contributed by atoms with Crippen LogP contribution in [0, 0.1) is 11.6 Å². The van der Waals surface area contributed by atoms with Crippen molar-refractivity contribution in [1.29, 1.82) is 0 Å². The fourth-order valence-electron chi connectivity index (χ4n) is 2.99. The summed E-state index contributed by atoms with van der Waals surface area (Å²) in [6.45, 7) is -0.324. The van der Waals surface area contributed by atoms with Crippen molar-refractivity contribution >= 4 is 10.0 Å². The van der Waals surface area contributed by atoms with E-state index in [9.17, 15) is 30.4 Å². The lowest BCUT2D eigenvalue weighted by Gasteiger charge is -2.15. The Morgan fingerprint density at radius 3 is 2.50 bits per heavy atom. The molecule has 0 bridgehead atoms. The van der Waals surface area contributed by atoms with Gasteiger partial charge < -0.3 is 4.74 Å². The van der Waals surface area contributed by atoms with Gasteiger partial charge in [0.2, 0.25) is 10.0 Å². The van der Waals surface area contributed by atoms with Crippen molar-refractivity contribution in [1.82, 2.24) is 14.5 Å². The number of halogens is 5. The first-order chi connectivity index (χ1) is 13.0. The molecule has 1 aliphatic rings. The molecule has 154 valence electrons. The molecule has 1 aliphatic heterocycles. The number of fused-ring (bicyclic) bond motifs is 1. The second kappa shape index (κ2) is 7.76. The summed E-state index contributed by atoms with van der Waals surface area (Å²) in [7, 11) is -3.95. The van der Waals surface area contributed by atoms with E-state index in [1.807, 2.05) is 0 Å². The van der Waals surface area contributed by atoms with Crippen LogP contribution in [0.1, 0.15) is 22.5 Å². The lowest BCUT2D eigenvalue weighted by atomic mass is 10.1. The molecule has 0 saturated heterocycles. The zero-order chi connectivity index (χ0) is 20.5. The van der Waals surface area contributed by atoms with Crippen LogP contribution in [0.4, 0.5) is 22.0 Å². The first-order valence-corrected chi connectivity index (χ1v) is 9.86. The molecule has 0 unspecified atom stereocenters. The van der Waals surface area contributed by atoms with E-state index in [2.05, 4.69) is 9.82 Å². The molecule has 12 heteroatoms. The van der Waals surface area contributed by atoms with Crippen LogP contribution in [-0.2, 0) is 46.3 Å². The van der Waals surface area contributed by atoms with E-state index >= 15 is 0 Å². The van der Waals surface area contributed by atoms with E-state index in [1.165, 1.54) is 0 Å². The highest BCUT2D eigenvalue weighted by Gasteiger charge is 2.39. The van der Waals surface area contributed by atoms with Crippen molar-refractivity contribution in [2.75, 3.05) is 13.2 Å². The predicted molar refractivity (Wildman–Crippen MR) is 87.6 cm³/mol. The number of aromatic nitrogens is 2. The van der Waals surface area contributed by atoms with Crippen molar-refractivity contribution in [2.24, 2.45) is 0 Å². The number of ether oxygens (including phenoxy) is 1. The van der Waals surface area contributed by atoms with Crippen LogP contribution in [0.3, 0.4) is 0 Å². The van der Waals surface area contributed by atoms with Crippen molar-refractivity contribution in [3.8, 4) is 0 Å². The largest absolute Gasteiger partial charge is 0.435 e. The second-order valence-corrected chi connectivity index (χ2v) is 8.04. The SMILES string of the molecule is O=S(=O)(Cc1cc(F)cc(F)c1)NCCn1nc(C(F)(F)F)c2c1CCOC2. The first kappa shape index (κ1) is 20.7. The van der Waals surface area contributed by atoms with Gasteiger partial charge in [0, 0.05) is 30.3 Å². The minimum absolute atomic E-state index is 0.0446. The number of hydrogen-bond donors (Lipinski definition) is 1. The number of sulfonamides is 1. The fourth-order valence-corrected chi connectivity index (χ4v) is 4.10. The summed E-state index contributed by atoms with van der Waals surface area (Å²) in [5, 5.41) is 3.57. The summed E-state index contributed by atoms with van der Waals surface area (Å²) in [5.41, 5.74) is -0.819. The van der Waals surface area contributed by atoms with Crippen LogP contribution >= 0.6 is 0 Å². The molecule has 0 radical (unpaired) electrons. The molecule has 2 heterocycles. The molecule has 0 spiro atoms. The number of benzene rings is 1. The molecule has 0 amide bonds. The van der Waals surface area contributed by atoms with Gasteiger partial charge in [-0.3, -0.25) is 4.68 Å². The van der Waals surface area contributed by atoms with Gasteiger partial charge >= 0.3 is 6.18 Å². The second-order valence-electron chi connectivity index (χ2n) is 6.23. The molecule has 0 aliphatic carbocycles. The van der Waals surface area contributed by atoms with Gasteiger partial charge in [-0.2, -0.15) is 18.3 Å². The van der Waals surface area contributed by atoms with Gasteiger partial charge in [0.15, 0.2) is 5.69 Å². The Labute approximate surface area is 157 Å². The Morgan fingerprint density at radius 2 is 1.86 bits per heavy atom. The molecule has 6 nitrogen and oxygen atoms in total. The van der Waals surface area contributed by atoms with Crippen LogP contribution in [-0.4, -0.2) is 31.3 Å². The number of alkyl halides is 3. The summed E-state index contributed by atoms with van der Waals surface area (Å²) >= 11 is 0.